The van der Waals surface area contributed by atoms with Crippen molar-refractivity contribution in [2.24, 2.45) is 5.92 Å². The first-order valence-electron chi connectivity index (χ1n) is 21.9. The van der Waals surface area contributed by atoms with Gasteiger partial charge in [0.1, 0.15) is 29.8 Å². The second-order valence-corrected chi connectivity index (χ2v) is 16.6. The number of esters is 3. The molecule has 1 aromatic rings. The van der Waals surface area contributed by atoms with E-state index in [0.717, 1.165) is 44.9 Å². The lowest BCUT2D eigenvalue weighted by atomic mass is 9.82. The molecule has 1 fully saturated rings. The summed E-state index contributed by atoms with van der Waals surface area (Å²) in [7, 11) is 1.20. The van der Waals surface area contributed by atoms with Crippen molar-refractivity contribution >= 4 is 29.6 Å². The molecule has 0 spiro atoms. The van der Waals surface area contributed by atoms with E-state index in [2.05, 4.69) is 17.1 Å². The highest BCUT2D eigenvalue weighted by atomic mass is 16.6. The van der Waals surface area contributed by atoms with Crippen LogP contribution in [0.25, 0.3) is 0 Å². The van der Waals surface area contributed by atoms with E-state index < -0.39 is 53.4 Å². The normalized spacial score (nSPS) is 16.1. The van der Waals surface area contributed by atoms with E-state index in [9.17, 15) is 29.1 Å². The Morgan fingerprint density at radius 2 is 1.54 bits per heavy atom. The summed E-state index contributed by atoms with van der Waals surface area (Å²) in [6, 6.07) is 5.93. The third kappa shape index (κ3) is 20.8. The Hall–Kier alpha value is -3.81. The molecule has 4 atom stereocenters. The lowest BCUT2D eigenvalue weighted by Gasteiger charge is -2.34. The highest BCUT2D eigenvalue weighted by Crippen LogP contribution is 2.29. The van der Waals surface area contributed by atoms with Crippen LogP contribution in [-0.4, -0.2) is 110 Å². The number of benzene rings is 1. The molecule has 2 N–H and O–H groups in total. The molecular formula is C46H74N2O11. The van der Waals surface area contributed by atoms with Crippen LogP contribution in [0.3, 0.4) is 0 Å². The van der Waals surface area contributed by atoms with E-state index in [1.54, 1.807) is 51.1 Å². The molecule has 1 unspecified atom stereocenters. The standard InChI is InChI=1S/C46H74N2O11/c1-8-10-11-14-17-20-37(49)21-18-15-12-13-16-19-22-39(42(51)47-40(43(52)55-7)33-36-23-25-38(26-24-36)58-35(3)9-2)46(54,44(53)59-45(4,5)6)34-41(50)57-32-29-48-27-30-56-31-28-48/h19,22-26,35,39-40,54H,8-18,20-21,27-34H2,1-7H3,(H,47,51)/b22-19+/t35?,39-,40+,46+/m1/s1. The maximum Gasteiger partial charge on any atom is 0.340 e. The molecule has 1 aromatic carbocycles. The second-order valence-electron chi connectivity index (χ2n) is 16.6. The van der Waals surface area contributed by atoms with Crippen LogP contribution >= 0.6 is 0 Å². The maximum atomic E-state index is 14.3. The van der Waals surface area contributed by atoms with Gasteiger partial charge in [0.05, 0.1) is 38.8 Å². The van der Waals surface area contributed by atoms with Crippen LogP contribution < -0.4 is 10.1 Å². The number of methoxy groups -OCH3 is 1. The summed E-state index contributed by atoms with van der Waals surface area (Å²) < 4.78 is 27.4. The average molecular weight is 831 g/mol. The summed E-state index contributed by atoms with van der Waals surface area (Å²) in [6.45, 7) is 13.9. The number of hydrogen-bond donors (Lipinski definition) is 2. The van der Waals surface area contributed by atoms with Crippen molar-refractivity contribution in [2.75, 3.05) is 46.6 Å². The largest absolute Gasteiger partial charge is 0.491 e. The van der Waals surface area contributed by atoms with Gasteiger partial charge >= 0.3 is 17.9 Å². The minimum atomic E-state index is -2.70. The number of unbranched alkanes of at least 4 members (excludes halogenated alkanes) is 8. The first kappa shape index (κ1) is 51.3. The van der Waals surface area contributed by atoms with E-state index in [0.29, 0.717) is 69.2 Å². The number of morpholine rings is 1. The summed E-state index contributed by atoms with van der Waals surface area (Å²) in [5, 5.41) is 15.0. The van der Waals surface area contributed by atoms with Crippen LogP contribution in [-0.2, 0) is 49.3 Å². The number of nitrogens with one attached hydrogen (secondary N) is 1. The van der Waals surface area contributed by atoms with Crippen molar-refractivity contribution < 1.29 is 52.8 Å². The van der Waals surface area contributed by atoms with E-state index in [1.165, 1.54) is 32.4 Å². The Balaban J connectivity index is 2.28. The Kier molecular flexibility index (Phi) is 24.2. The van der Waals surface area contributed by atoms with Gasteiger partial charge in [0, 0.05) is 38.9 Å². The fourth-order valence-electron chi connectivity index (χ4n) is 6.60. The number of nitrogens with zero attached hydrogens (tertiary/aromatic N) is 1. The van der Waals surface area contributed by atoms with Gasteiger partial charge in [0.15, 0.2) is 5.60 Å². The third-order valence-electron chi connectivity index (χ3n) is 10.3. The maximum absolute atomic E-state index is 14.3. The first-order chi connectivity index (χ1) is 28.1. The zero-order valence-corrected chi connectivity index (χ0v) is 37.0. The fraction of sp³-hybridized carbons (Fsp3) is 0.717. The Morgan fingerprint density at radius 1 is 0.915 bits per heavy atom. The summed E-state index contributed by atoms with van der Waals surface area (Å²) in [5.41, 5.74) is -3.08. The molecule has 1 aliphatic heterocycles. The van der Waals surface area contributed by atoms with E-state index in [-0.39, 0.29) is 19.1 Å². The Labute approximate surface area is 353 Å². The summed E-state index contributed by atoms with van der Waals surface area (Å²) >= 11 is 0. The minimum Gasteiger partial charge on any atom is -0.491 e. The molecule has 334 valence electrons. The number of rotatable bonds is 29. The van der Waals surface area contributed by atoms with Crippen LogP contribution in [0.2, 0.25) is 0 Å². The van der Waals surface area contributed by atoms with Gasteiger partial charge in [0.25, 0.3) is 0 Å². The number of carbonyl (C=O) groups excluding carboxylic acids is 5. The van der Waals surface area contributed by atoms with Crippen molar-refractivity contribution in [3.8, 4) is 5.75 Å². The zero-order chi connectivity index (χ0) is 43.7. The van der Waals surface area contributed by atoms with Gasteiger partial charge in [-0.15, -0.1) is 0 Å². The van der Waals surface area contributed by atoms with Crippen LogP contribution in [0.1, 0.15) is 137 Å². The smallest absolute Gasteiger partial charge is 0.340 e. The van der Waals surface area contributed by atoms with Crippen LogP contribution in [0.5, 0.6) is 5.75 Å². The number of ether oxygens (including phenoxy) is 5. The predicted molar refractivity (Wildman–Crippen MR) is 227 cm³/mol. The van der Waals surface area contributed by atoms with Crippen LogP contribution in [0.15, 0.2) is 36.4 Å². The number of Topliss-reactive ketones (excluding diaryl/α,β-unsaturated/α-hetero) is 1. The number of carbonyl (C=O) groups is 5. The number of allylic oxidation sites excluding steroid dienone is 1. The topological polar surface area (TPSA) is 167 Å². The lowest BCUT2D eigenvalue weighted by Crippen LogP contribution is -2.57. The quantitative estimate of drug-likeness (QED) is 0.0374. The number of amides is 1. The summed E-state index contributed by atoms with van der Waals surface area (Å²) in [5.74, 6) is -4.38. The second kappa shape index (κ2) is 27.9. The van der Waals surface area contributed by atoms with Crippen molar-refractivity contribution in [2.45, 2.75) is 161 Å². The summed E-state index contributed by atoms with van der Waals surface area (Å²) in [4.78, 5) is 69.1. The molecule has 1 saturated heterocycles. The van der Waals surface area contributed by atoms with Gasteiger partial charge in [0.2, 0.25) is 5.91 Å². The molecule has 0 aliphatic carbocycles. The van der Waals surface area contributed by atoms with Gasteiger partial charge in [-0.25, -0.2) is 9.59 Å². The van der Waals surface area contributed by atoms with E-state index in [4.69, 9.17) is 23.7 Å². The van der Waals surface area contributed by atoms with Crippen molar-refractivity contribution in [1.29, 1.82) is 0 Å². The van der Waals surface area contributed by atoms with Crippen molar-refractivity contribution in [3.05, 3.63) is 42.0 Å². The van der Waals surface area contributed by atoms with Gasteiger partial charge in [-0.3, -0.25) is 19.3 Å². The van der Waals surface area contributed by atoms with Gasteiger partial charge in [-0.1, -0.05) is 76.7 Å². The van der Waals surface area contributed by atoms with Crippen LogP contribution in [0, 0.1) is 5.92 Å². The molecule has 0 radical (unpaired) electrons. The molecule has 1 amide bonds. The highest BCUT2D eigenvalue weighted by Gasteiger charge is 2.51. The van der Waals surface area contributed by atoms with Crippen molar-refractivity contribution in [1.82, 2.24) is 10.2 Å². The Bertz CT molecular complexity index is 1440. The number of hydrogen-bond acceptors (Lipinski definition) is 12. The van der Waals surface area contributed by atoms with Gasteiger partial charge < -0.3 is 34.1 Å². The van der Waals surface area contributed by atoms with Gasteiger partial charge in [-0.2, -0.15) is 0 Å². The molecule has 0 bridgehead atoms. The molecule has 1 aliphatic rings. The lowest BCUT2D eigenvalue weighted by molar-refractivity contribution is -0.188. The predicted octanol–water partition coefficient (Wildman–Crippen LogP) is 6.85. The van der Waals surface area contributed by atoms with Crippen molar-refractivity contribution in [3.63, 3.8) is 0 Å². The minimum absolute atomic E-state index is 0.00604. The molecular weight excluding hydrogens is 757 g/mol. The molecule has 13 nitrogen and oxygen atoms in total. The van der Waals surface area contributed by atoms with Crippen LogP contribution in [0.4, 0.5) is 0 Å². The third-order valence-corrected chi connectivity index (χ3v) is 10.3. The molecule has 59 heavy (non-hydrogen) atoms. The zero-order valence-electron chi connectivity index (χ0n) is 37.0. The molecule has 13 heteroatoms. The molecule has 2 rings (SSSR count). The molecule has 1 heterocycles. The van der Waals surface area contributed by atoms with E-state index >= 15 is 0 Å². The first-order valence-corrected chi connectivity index (χ1v) is 21.9. The number of aliphatic hydroxyl groups is 1. The number of ketones is 1. The summed E-state index contributed by atoms with van der Waals surface area (Å²) in [6.07, 6.45) is 13.6. The average Bonchev–Trinajstić information content (AvgIpc) is 3.19. The molecule has 0 aromatic heterocycles. The van der Waals surface area contributed by atoms with E-state index in [1.807, 2.05) is 13.8 Å². The fourth-order valence-corrected chi connectivity index (χ4v) is 6.60. The monoisotopic (exact) mass is 831 g/mol. The highest BCUT2D eigenvalue weighted by molar-refractivity contribution is 5.95. The van der Waals surface area contributed by atoms with Gasteiger partial charge in [-0.05, 0) is 77.5 Å². The SMILES string of the molecule is CCCCCCCC(=O)CCCCCC/C=C/[C@H](C(=O)N[C@@H](Cc1ccc(OC(C)CC)cc1)C(=O)OC)[C@@](O)(CC(=O)OCCN1CCOCC1)C(=O)OC(C)(C)C. The Morgan fingerprint density at radius 3 is 2.14 bits per heavy atom. The molecule has 0 saturated carbocycles.